The maximum atomic E-state index is 12.7. The molecular formula is C18H20N2O3S2. The number of rotatable bonds is 5. The number of thioether (sulfide) groups is 1. The average molecular weight is 377 g/mol. The number of fused-ring (bicyclic) bond motifs is 1. The van der Waals surface area contributed by atoms with Gasteiger partial charge in [-0.1, -0.05) is 18.2 Å². The Morgan fingerprint density at radius 1 is 1.16 bits per heavy atom. The molecule has 1 aliphatic heterocycles. The Kier molecular flexibility index (Phi) is 5.17. The first kappa shape index (κ1) is 18.0. The van der Waals surface area contributed by atoms with E-state index in [-0.39, 0.29) is 17.3 Å². The molecule has 0 unspecified atom stereocenters. The van der Waals surface area contributed by atoms with Gasteiger partial charge in [0.25, 0.3) is 0 Å². The van der Waals surface area contributed by atoms with Gasteiger partial charge in [0.15, 0.2) is 0 Å². The number of amides is 1. The summed E-state index contributed by atoms with van der Waals surface area (Å²) >= 11 is 1.55. The highest BCUT2D eigenvalue weighted by atomic mass is 32.2. The summed E-state index contributed by atoms with van der Waals surface area (Å²) in [6, 6.07) is 14.4. The number of nitrogens with zero attached hydrogens (tertiary/aromatic N) is 2. The summed E-state index contributed by atoms with van der Waals surface area (Å²) < 4.78 is 26.5. The van der Waals surface area contributed by atoms with Crippen LogP contribution in [0, 0.1) is 0 Å². The van der Waals surface area contributed by atoms with Crippen molar-refractivity contribution in [1.29, 1.82) is 0 Å². The van der Waals surface area contributed by atoms with E-state index < -0.39 is 10.0 Å². The van der Waals surface area contributed by atoms with Gasteiger partial charge in [-0.2, -0.15) is 4.31 Å². The molecule has 0 spiro atoms. The minimum atomic E-state index is -3.69. The number of carbonyl (C=O) groups is 1. The minimum absolute atomic E-state index is 0.180. The predicted octanol–water partition coefficient (Wildman–Crippen LogP) is 2.62. The summed E-state index contributed by atoms with van der Waals surface area (Å²) in [5.41, 5.74) is 2.00. The molecule has 1 heterocycles. The molecule has 5 nitrogen and oxygen atoms in total. The van der Waals surface area contributed by atoms with Crippen molar-refractivity contribution in [2.75, 3.05) is 31.3 Å². The van der Waals surface area contributed by atoms with Crippen LogP contribution in [0.3, 0.4) is 0 Å². The van der Waals surface area contributed by atoms with Crippen molar-refractivity contribution in [1.82, 2.24) is 4.31 Å². The summed E-state index contributed by atoms with van der Waals surface area (Å²) in [7, 11) is -2.25. The molecule has 3 rings (SSSR count). The van der Waals surface area contributed by atoms with Crippen LogP contribution >= 0.6 is 11.8 Å². The Morgan fingerprint density at radius 3 is 2.52 bits per heavy atom. The molecule has 1 aliphatic rings. The quantitative estimate of drug-likeness (QED) is 0.753. The molecule has 0 aromatic heterocycles. The number of likely N-dealkylation sites (N-methyl/N-ethyl adjacent to an activating group) is 1. The fourth-order valence-corrected chi connectivity index (χ4v) is 4.41. The second-order valence-electron chi connectivity index (χ2n) is 5.86. The van der Waals surface area contributed by atoms with Crippen molar-refractivity contribution in [2.45, 2.75) is 16.2 Å². The highest BCUT2D eigenvalue weighted by molar-refractivity contribution is 7.98. The topological polar surface area (TPSA) is 57.7 Å². The highest BCUT2D eigenvalue weighted by Crippen LogP contribution is 2.28. The first-order valence-electron chi connectivity index (χ1n) is 7.92. The van der Waals surface area contributed by atoms with Crippen LogP contribution < -0.4 is 4.90 Å². The normalized spacial score (nSPS) is 14.0. The van der Waals surface area contributed by atoms with E-state index in [1.807, 2.05) is 30.5 Å². The number of para-hydroxylation sites is 1. The third kappa shape index (κ3) is 3.58. The molecule has 132 valence electrons. The van der Waals surface area contributed by atoms with Crippen molar-refractivity contribution in [3.63, 3.8) is 0 Å². The molecule has 0 fully saturated rings. The predicted molar refractivity (Wildman–Crippen MR) is 101 cm³/mol. The third-order valence-corrected chi connectivity index (χ3v) is 6.87. The fraction of sp³-hybridized carbons (Fsp3) is 0.278. The lowest BCUT2D eigenvalue weighted by Crippen LogP contribution is -2.40. The van der Waals surface area contributed by atoms with E-state index in [0.29, 0.717) is 6.54 Å². The number of anilines is 1. The van der Waals surface area contributed by atoms with E-state index in [1.165, 1.54) is 7.05 Å². The SMILES string of the molecule is CSc1ccc(S(=O)(=O)N(C)CC(=O)N2CCc3ccccc32)cc1. The van der Waals surface area contributed by atoms with Gasteiger partial charge in [0.1, 0.15) is 0 Å². The van der Waals surface area contributed by atoms with Crippen LogP contribution in [0.4, 0.5) is 5.69 Å². The van der Waals surface area contributed by atoms with Crippen LogP contribution in [0.25, 0.3) is 0 Å². The Hall–Kier alpha value is -1.83. The van der Waals surface area contributed by atoms with Crippen LogP contribution in [0.15, 0.2) is 58.3 Å². The fourth-order valence-electron chi connectivity index (χ4n) is 2.89. The molecule has 0 saturated heterocycles. The molecule has 0 N–H and O–H groups in total. The monoisotopic (exact) mass is 376 g/mol. The summed E-state index contributed by atoms with van der Waals surface area (Å²) in [5, 5.41) is 0. The van der Waals surface area contributed by atoms with E-state index in [1.54, 1.807) is 40.9 Å². The molecule has 25 heavy (non-hydrogen) atoms. The zero-order valence-corrected chi connectivity index (χ0v) is 15.8. The van der Waals surface area contributed by atoms with Gasteiger partial charge < -0.3 is 4.90 Å². The number of hydrogen-bond donors (Lipinski definition) is 0. The molecule has 2 aromatic rings. The first-order valence-corrected chi connectivity index (χ1v) is 10.6. The van der Waals surface area contributed by atoms with Gasteiger partial charge in [-0.3, -0.25) is 4.79 Å². The molecule has 1 amide bonds. The lowest BCUT2D eigenvalue weighted by Gasteiger charge is -2.22. The van der Waals surface area contributed by atoms with Crippen molar-refractivity contribution in [3.8, 4) is 0 Å². The van der Waals surface area contributed by atoms with E-state index in [9.17, 15) is 13.2 Å². The Balaban J connectivity index is 1.75. The molecule has 0 radical (unpaired) electrons. The molecule has 0 atom stereocenters. The molecular weight excluding hydrogens is 356 g/mol. The molecule has 0 bridgehead atoms. The van der Waals surface area contributed by atoms with E-state index in [4.69, 9.17) is 0 Å². The van der Waals surface area contributed by atoms with Crippen molar-refractivity contribution < 1.29 is 13.2 Å². The third-order valence-electron chi connectivity index (χ3n) is 4.31. The van der Waals surface area contributed by atoms with Crippen LogP contribution in [-0.4, -0.2) is 45.0 Å². The van der Waals surface area contributed by atoms with Crippen molar-refractivity contribution >= 4 is 33.4 Å². The van der Waals surface area contributed by atoms with Gasteiger partial charge in [-0.05, 0) is 48.6 Å². The molecule has 2 aromatic carbocycles. The van der Waals surface area contributed by atoms with Crippen LogP contribution in [-0.2, 0) is 21.2 Å². The summed E-state index contributed by atoms with van der Waals surface area (Å²) in [6.45, 7) is 0.412. The summed E-state index contributed by atoms with van der Waals surface area (Å²) in [6.07, 6.45) is 2.73. The zero-order chi connectivity index (χ0) is 18.0. The summed E-state index contributed by atoms with van der Waals surface area (Å²) in [5.74, 6) is -0.211. The zero-order valence-electron chi connectivity index (χ0n) is 14.2. The Morgan fingerprint density at radius 2 is 1.84 bits per heavy atom. The Labute approximate surface area is 152 Å². The van der Waals surface area contributed by atoms with Crippen LogP contribution in [0.1, 0.15) is 5.56 Å². The van der Waals surface area contributed by atoms with Gasteiger partial charge in [0, 0.05) is 24.2 Å². The largest absolute Gasteiger partial charge is 0.311 e. The lowest BCUT2D eigenvalue weighted by atomic mass is 10.2. The molecule has 7 heteroatoms. The number of sulfonamides is 1. The van der Waals surface area contributed by atoms with E-state index >= 15 is 0 Å². The van der Waals surface area contributed by atoms with Gasteiger partial charge >= 0.3 is 0 Å². The highest BCUT2D eigenvalue weighted by Gasteiger charge is 2.28. The maximum Gasteiger partial charge on any atom is 0.243 e. The van der Waals surface area contributed by atoms with Crippen molar-refractivity contribution in [2.24, 2.45) is 0 Å². The Bertz CT molecular complexity index is 879. The van der Waals surface area contributed by atoms with Crippen molar-refractivity contribution in [3.05, 3.63) is 54.1 Å². The van der Waals surface area contributed by atoms with Crippen LogP contribution in [0.2, 0.25) is 0 Å². The van der Waals surface area contributed by atoms with Gasteiger partial charge in [0.05, 0.1) is 11.4 Å². The van der Waals surface area contributed by atoms with E-state index in [2.05, 4.69) is 0 Å². The van der Waals surface area contributed by atoms with Gasteiger partial charge in [0.2, 0.25) is 15.9 Å². The maximum absolute atomic E-state index is 12.7. The lowest BCUT2D eigenvalue weighted by molar-refractivity contribution is -0.118. The standard InChI is InChI=1S/C18H20N2O3S2/c1-19(25(22,23)16-9-7-15(24-2)8-10-16)13-18(21)20-12-11-14-5-3-4-6-17(14)20/h3-10H,11-13H2,1-2H3. The second-order valence-corrected chi connectivity index (χ2v) is 8.79. The minimum Gasteiger partial charge on any atom is -0.311 e. The van der Waals surface area contributed by atoms with Gasteiger partial charge in [-0.15, -0.1) is 11.8 Å². The number of carbonyl (C=O) groups excluding carboxylic acids is 1. The second kappa shape index (κ2) is 7.19. The average Bonchev–Trinajstić information content (AvgIpc) is 3.06. The van der Waals surface area contributed by atoms with Gasteiger partial charge in [-0.25, -0.2) is 8.42 Å². The van der Waals surface area contributed by atoms with E-state index in [0.717, 1.165) is 26.9 Å². The molecule has 0 aliphatic carbocycles. The molecule has 0 saturated carbocycles. The number of benzene rings is 2. The first-order chi connectivity index (χ1) is 11.9. The van der Waals surface area contributed by atoms with Crippen LogP contribution in [0.5, 0.6) is 0 Å². The number of hydrogen-bond acceptors (Lipinski definition) is 4. The summed E-state index contributed by atoms with van der Waals surface area (Å²) in [4.78, 5) is 15.5. The smallest absolute Gasteiger partial charge is 0.243 e.